The monoisotopic (exact) mass is 201 g/mol. The largest absolute Gasteiger partial charge is 0.356 e. The average Bonchev–Trinajstić information content (AvgIpc) is 2.14. The Labute approximate surface area is 87.0 Å². The third-order valence-electron chi connectivity index (χ3n) is 1.89. The lowest BCUT2D eigenvalue weighted by molar-refractivity contribution is -0.121. The summed E-state index contributed by atoms with van der Waals surface area (Å²) >= 11 is 0. The van der Waals surface area contributed by atoms with Gasteiger partial charge in [0.1, 0.15) is 0 Å². The fraction of sp³-hybridized carbons (Fsp3) is 0.900. The Balaban J connectivity index is 3.18. The van der Waals surface area contributed by atoms with Crippen molar-refractivity contribution in [3.63, 3.8) is 0 Å². The van der Waals surface area contributed by atoms with Crippen LogP contribution in [0.25, 0.3) is 0 Å². The molecule has 0 heterocycles. The topological polar surface area (TPSA) is 44.4 Å². The Morgan fingerprint density at radius 3 is 2.57 bits per heavy atom. The molecule has 0 aromatic carbocycles. The molecule has 0 aliphatic carbocycles. The number of rotatable bonds is 8. The van der Waals surface area contributed by atoms with Crippen LogP contribution in [0.15, 0.2) is 0 Å². The van der Waals surface area contributed by atoms with E-state index in [0.717, 1.165) is 32.6 Å². The van der Waals surface area contributed by atoms with Crippen LogP contribution < -0.4 is 10.6 Å². The van der Waals surface area contributed by atoms with Gasteiger partial charge in [-0.25, -0.2) is 0 Å². The molecule has 0 rings (SSSR count). The van der Waals surface area contributed by atoms with Gasteiger partial charge in [-0.2, -0.15) is 0 Å². The van der Waals surface area contributed by atoms with Crippen LogP contribution in [-0.2, 0) is 4.79 Å². The van der Waals surface area contributed by atoms with Crippen LogP contribution in [0.4, 0.5) is 0 Å². The molecule has 0 aromatic rings. The smallest absolute Gasteiger partial charge is 0.221 e. The van der Waals surface area contributed by atoms with Gasteiger partial charge >= 0.3 is 0 Å². The van der Waals surface area contributed by atoms with E-state index < -0.39 is 0 Å². The predicted molar refractivity (Wildman–Crippen MR) is 59.3 cm³/mol. The molecule has 0 aromatic heterocycles. The third kappa shape index (κ3) is 9.48. The summed E-state index contributed by atoms with van der Waals surface area (Å²) in [6.45, 7) is 5.65. The summed E-state index contributed by atoms with van der Waals surface area (Å²) in [6.07, 6.45) is 1.59. The van der Waals surface area contributed by atoms with Crippen molar-refractivity contribution in [3.8, 4) is 0 Å². The minimum absolute atomic E-state index is 0.148. The fourth-order valence-corrected chi connectivity index (χ4v) is 1.03. The highest BCUT2D eigenvalue weighted by Crippen LogP contribution is 1.83. The first-order valence-corrected chi connectivity index (χ1v) is 5.29. The molecule has 4 nitrogen and oxygen atoms in total. The first-order valence-electron chi connectivity index (χ1n) is 5.29. The highest BCUT2D eigenvalue weighted by molar-refractivity contribution is 5.75. The second-order valence-electron chi connectivity index (χ2n) is 3.61. The maximum atomic E-state index is 11.2. The Hall–Kier alpha value is -0.610. The lowest BCUT2D eigenvalue weighted by Gasteiger charge is -2.09. The van der Waals surface area contributed by atoms with Crippen molar-refractivity contribution in [1.82, 2.24) is 15.5 Å². The average molecular weight is 201 g/mol. The van der Waals surface area contributed by atoms with Gasteiger partial charge in [-0.1, -0.05) is 6.92 Å². The molecular weight excluding hydrogens is 178 g/mol. The minimum atomic E-state index is 0.148. The van der Waals surface area contributed by atoms with Gasteiger partial charge in [-0.3, -0.25) is 4.79 Å². The van der Waals surface area contributed by atoms with Crippen molar-refractivity contribution in [2.75, 3.05) is 40.3 Å². The summed E-state index contributed by atoms with van der Waals surface area (Å²) in [6, 6.07) is 0. The van der Waals surface area contributed by atoms with Crippen molar-refractivity contribution in [3.05, 3.63) is 0 Å². The van der Waals surface area contributed by atoms with E-state index in [4.69, 9.17) is 0 Å². The van der Waals surface area contributed by atoms with Crippen LogP contribution >= 0.6 is 0 Å². The van der Waals surface area contributed by atoms with Crippen molar-refractivity contribution in [2.24, 2.45) is 0 Å². The Kier molecular flexibility index (Phi) is 8.57. The van der Waals surface area contributed by atoms with E-state index in [1.54, 1.807) is 0 Å². The first kappa shape index (κ1) is 13.4. The molecule has 0 fully saturated rings. The zero-order valence-corrected chi connectivity index (χ0v) is 9.60. The molecule has 0 aliphatic heterocycles. The van der Waals surface area contributed by atoms with Crippen molar-refractivity contribution < 1.29 is 4.79 Å². The summed E-state index contributed by atoms with van der Waals surface area (Å²) in [5.74, 6) is 0.148. The molecule has 14 heavy (non-hydrogen) atoms. The van der Waals surface area contributed by atoms with E-state index in [2.05, 4.69) is 17.6 Å². The zero-order chi connectivity index (χ0) is 10.8. The second kappa shape index (κ2) is 8.97. The van der Waals surface area contributed by atoms with Gasteiger partial charge in [0.05, 0.1) is 0 Å². The van der Waals surface area contributed by atoms with Crippen LogP contribution in [0.1, 0.15) is 19.8 Å². The molecule has 0 radical (unpaired) electrons. The number of amides is 1. The molecule has 0 aliphatic rings. The molecule has 0 unspecified atom stereocenters. The SMILES string of the molecule is CCNCCCNC(=O)CCN(C)C. The highest BCUT2D eigenvalue weighted by atomic mass is 16.1. The number of hydrogen-bond donors (Lipinski definition) is 2. The van der Waals surface area contributed by atoms with Gasteiger partial charge in [-0.05, 0) is 33.6 Å². The fourth-order valence-electron chi connectivity index (χ4n) is 1.03. The third-order valence-corrected chi connectivity index (χ3v) is 1.89. The molecule has 0 saturated heterocycles. The van der Waals surface area contributed by atoms with E-state index in [0.29, 0.717) is 6.42 Å². The van der Waals surface area contributed by atoms with Crippen LogP contribution in [0.5, 0.6) is 0 Å². The van der Waals surface area contributed by atoms with Gasteiger partial charge in [0.2, 0.25) is 5.91 Å². The van der Waals surface area contributed by atoms with E-state index in [1.807, 2.05) is 19.0 Å². The molecule has 0 atom stereocenters. The Morgan fingerprint density at radius 2 is 2.00 bits per heavy atom. The molecule has 1 amide bonds. The van der Waals surface area contributed by atoms with Gasteiger partial charge in [-0.15, -0.1) is 0 Å². The molecule has 2 N–H and O–H groups in total. The van der Waals surface area contributed by atoms with E-state index in [1.165, 1.54) is 0 Å². The van der Waals surface area contributed by atoms with Crippen LogP contribution in [0, 0.1) is 0 Å². The summed E-state index contributed by atoms with van der Waals surface area (Å²) in [4.78, 5) is 13.2. The lowest BCUT2D eigenvalue weighted by atomic mass is 10.3. The zero-order valence-electron chi connectivity index (χ0n) is 9.60. The number of nitrogens with zero attached hydrogens (tertiary/aromatic N) is 1. The molecule has 4 heteroatoms. The summed E-state index contributed by atoms with van der Waals surface area (Å²) in [5, 5.41) is 6.10. The maximum Gasteiger partial charge on any atom is 0.221 e. The predicted octanol–water partition coefficient (Wildman–Crippen LogP) is 0.0539. The number of carbonyl (C=O) groups is 1. The van der Waals surface area contributed by atoms with Crippen molar-refractivity contribution >= 4 is 5.91 Å². The quantitative estimate of drug-likeness (QED) is 0.546. The van der Waals surface area contributed by atoms with Crippen LogP contribution in [0.3, 0.4) is 0 Å². The normalized spacial score (nSPS) is 10.6. The maximum absolute atomic E-state index is 11.2. The minimum Gasteiger partial charge on any atom is -0.356 e. The molecule has 0 spiro atoms. The molecule has 0 saturated carbocycles. The Morgan fingerprint density at radius 1 is 1.29 bits per heavy atom. The van der Waals surface area contributed by atoms with Crippen LogP contribution in [0.2, 0.25) is 0 Å². The van der Waals surface area contributed by atoms with E-state index in [-0.39, 0.29) is 5.91 Å². The Bertz CT molecular complexity index is 148. The summed E-state index contributed by atoms with van der Waals surface area (Å²) < 4.78 is 0. The van der Waals surface area contributed by atoms with E-state index in [9.17, 15) is 4.79 Å². The van der Waals surface area contributed by atoms with Crippen LogP contribution in [-0.4, -0.2) is 51.1 Å². The molecule has 84 valence electrons. The summed E-state index contributed by atoms with van der Waals surface area (Å²) in [7, 11) is 3.94. The van der Waals surface area contributed by atoms with Crippen molar-refractivity contribution in [1.29, 1.82) is 0 Å². The number of hydrogen-bond acceptors (Lipinski definition) is 3. The number of carbonyl (C=O) groups excluding carboxylic acids is 1. The first-order chi connectivity index (χ1) is 6.66. The number of nitrogens with one attached hydrogen (secondary N) is 2. The van der Waals surface area contributed by atoms with Crippen molar-refractivity contribution in [2.45, 2.75) is 19.8 Å². The highest BCUT2D eigenvalue weighted by Gasteiger charge is 2.00. The standard InChI is InChI=1S/C10H23N3O/c1-4-11-7-5-8-12-10(14)6-9-13(2)3/h11H,4-9H2,1-3H3,(H,12,14). The second-order valence-corrected chi connectivity index (χ2v) is 3.61. The molecule has 0 bridgehead atoms. The van der Waals surface area contributed by atoms with Gasteiger partial charge in [0, 0.05) is 19.5 Å². The summed E-state index contributed by atoms with van der Waals surface area (Å²) in [5.41, 5.74) is 0. The molecular formula is C10H23N3O. The van der Waals surface area contributed by atoms with Gasteiger partial charge in [0.15, 0.2) is 0 Å². The van der Waals surface area contributed by atoms with E-state index >= 15 is 0 Å². The van der Waals surface area contributed by atoms with Gasteiger partial charge < -0.3 is 15.5 Å². The van der Waals surface area contributed by atoms with Gasteiger partial charge in [0.25, 0.3) is 0 Å². The lowest BCUT2D eigenvalue weighted by Crippen LogP contribution is -2.29.